The number of carbonyl (C=O) groups is 1. The Hall–Kier alpha value is -3.32. The van der Waals surface area contributed by atoms with E-state index in [1.807, 2.05) is 0 Å². The number of ether oxygens (including phenoxy) is 1. The van der Waals surface area contributed by atoms with Crippen LogP contribution in [0.4, 0.5) is 29.7 Å². The lowest BCUT2D eigenvalue weighted by atomic mass is 10.2. The molecule has 0 bridgehead atoms. The Bertz CT molecular complexity index is 1080. The van der Waals surface area contributed by atoms with E-state index in [2.05, 4.69) is 35.3 Å². The molecule has 1 aliphatic heterocycles. The van der Waals surface area contributed by atoms with Gasteiger partial charge in [-0.3, -0.25) is 4.79 Å². The highest BCUT2D eigenvalue weighted by Gasteiger charge is 2.32. The van der Waals surface area contributed by atoms with Gasteiger partial charge in [-0.15, -0.1) is 0 Å². The van der Waals surface area contributed by atoms with Gasteiger partial charge in [0.2, 0.25) is 5.88 Å². The lowest BCUT2D eigenvalue weighted by Crippen LogP contribution is -2.20. The molecule has 9 nitrogen and oxygen atoms in total. The molecular weight excluding hydrogens is 447 g/mol. The van der Waals surface area contributed by atoms with E-state index >= 15 is 0 Å². The van der Waals surface area contributed by atoms with Gasteiger partial charge in [-0.1, -0.05) is 0 Å². The van der Waals surface area contributed by atoms with Crippen LogP contribution in [-0.2, 0) is 6.18 Å². The number of rotatable bonds is 6. The molecule has 4 heterocycles. The summed E-state index contributed by atoms with van der Waals surface area (Å²) in [7, 11) is 0. The van der Waals surface area contributed by atoms with Crippen molar-refractivity contribution in [2.75, 3.05) is 23.7 Å². The molecule has 168 valence electrons. The van der Waals surface area contributed by atoms with Crippen LogP contribution in [0.25, 0.3) is 0 Å². The molecular formula is C19H18F3N7O2S. The first-order valence-electron chi connectivity index (χ1n) is 9.57. The van der Waals surface area contributed by atoms with Gasteiger partial charge in [0.15, 0.2) is 5.69 Å². The van der Waals surface area contributed by atoms with E-state index in [0.717, 1.165) is 37.2 Å². The Morgan fingerprint density at radius 2 is 2.06 bits per heavy atom. The molecule has 1 amide bonds. The highest BCUT2D eigenvalue weighted by atomic mass is 32.1. The van der Waals surface area contributed by atoms with E-state index in [4.69, 9.17) is 4.74 Å². The van der Waals surface area contributed by atoms with Crippen LogP contribution in [0.2, 0.25) is 0 Å². The molecule has 0 saturated carbocycles. The number of alkyl halides is 3. The number of hydrogen-bond donors (Lipinski definition) is 3. The molecule has 3 aromatic rings. The highest BCUT2D eigenvalue weighted by molar-refractivity contribution is 7.10. The molecule has 1 unspecified atom stereocenters. The zero-order valence-corrected chi connectivity index (χ0v) is 17.5. The van der Waals surface area contributed by atoms with Crippen LogP contribution < -0.4 is 20.7 Å². The maximum absolute atomic E-state index is 12.8. The zero-order chi connectivity index (χ0) is 22.7. The van der Waals surface area contributed by atoms with Gasteiger partial charge in [0, 0.05) is 12.6 Å². The molecule has 3 N–H and O–H groups in total. The first-order chi connectivity index (χ1) is 15.3. The van der Waals surface area contributed by atoms with Crippen molar-refractivity contribution in [2.24, 2.45) is 0 Å². The minimum absolute atomic E-state index is 0.0558. The monoisotopic (exact) mass is 465 g/mol. The highest BCUT2D eigenvalue weighted by Crippen LogP contribution is 2.30. The van der Waals surface area contributed by atoms with Crippen LogP contribution in [0.3, 0.4) is 0 Å². The predicted octanol–water partition coefficient (Wildman–Crippen LogP) is 3.39. The lowest BCUT2D eigenvalue weighted by Gasteiger charge is -2.12. The first kappa shape index (κ1) is 21.9. The van der Waals surface area contributed by atoms with Crippen molar-refractivity contribution < 1.29 is 22.7 Å². The van der Waals surface area contributed by atoms with Gasteiger partial charge in [-0.05, 0) is 37.5 Å². The number of amides is 1. The normalized spacial score (nSPS) is 16.1. The standard InChI is InChI=1S/C19H18F3N7O2S/c1-10-16(18(32-29-10)28-14-9-24-13(8-25-14)19(20,21)22)17(30)27-11-2-3-15(26-6-11)31-12-4-5-23-7-12/h2-3,6,8-9,12,23H,4-5,7H2,1H3,(H,25,28)(H,27,30). The van der Waals surface area contributed by atoms with Gasteiger partial charge in [0.05, 0.1) is 35.5 Å². The molecule has 1 aliphatic rings. The number of aromatic nitrogens is 4. The third kappa shape index (κ3) is 5.11. The van der Waals surface area contributed by atoms with Crippen LogP contribution in [-0.4, -0.2) is 44.4 Å². The molecule has 0 aromatic carbocycles. The largest absolute Gasteiger partial charge is 0.473 e. The predicted molar refractivity (Wildman–Crippen MR) is 111 cm³/mol. The summed E-state index contributed by atoms with van der Waals surface area (Å²) >= 11 is 0.986. The molecule has 3 aromatic heterocycles. The second-order valence-electron chi connectivity index (χ2n) is 6.95. The van der Waals surface area contributed by atoms with Gasteiger partial charge < -0.3 is 20.7 Å². The van der Waals surface area contributed by atoms with Crippen molar-refractivity contribution in [3.8, 4) is 5.88 Å². The number of aryl methyl sites for hydroxylation is 1. The summed E-state index contributed by atoms with van der Waals surface area (Å²) in [5.41, 5.74) is 0.0500. The molecule has 1 saturated heterocycles. The number of anilines is 3. The smallest absolute Gasteiger partial charge is 0.434 e. The van der Waals surface area contributed by atoms with Gasteiger partial charge in [0.25, 0.3) is 5.91 Å². The summed E-state index contributed by atoms with van der Waals surface area (Å²) < 4.78 is 47.9. The molecule has 0 spiro atoms. The molecule has 13 heteroatoms. The van der Waals surface area contributed by atoms with E-state index in [0.29, 0.717) is 28.5 Å². The average molecular weight is 465 g/mol. The second kappa shape index (κ2) is 9.04. The summed E-state index contributed by atoms with van der Waals surface area (Å²) in [5, 5.41) is 9.07. The van der Waals surface area contributed by atoms with Gasteiger partial charge in [0.1, 0.15) is 16.9 Å². The molecule has 1 fully saturated rings. The van der Waals surface area contributed by atoms with Crippen LogP contribution in [0.5, 0.6) is 5.88 Å². The Kier molecular flexibility index (Phi) is 6.19. The molecule has 32 heavy (non-hydrogen) atoms. The van der Waals surface area contributed by atoms with Crippen molar-refractivity contribution in [1.29, 1.82) is 0 Å². The van der Waals surface area contributed by atoms with E-state index < -0.39 is 17.8 Å². The summed E-state index contributed by atoms with van der Waals surface area (Å²) in [5.74, 6) is 0.0719. The minimum atomic E-state index is -4.58. The fraction of sp³-hybridized carbons (Fsp3) is 0.316. The Morgan fingerprint density at radius 1 is 1.22 bits per heavy atom. The van der Waals surface area contributed by atoms with Gasteiger partial charge in [-0.25, -0.2) is 15.0 Å². The minimum Gasteiger partial charge on any atom is -0.473 e. The SMILES string of the molecule is Cc1nsc(Nc2cnc(C(F)(F)F)cn2)c1C(=O)Nc1ccc(OC2CCNC2)nc1. The number of halogens is 3. The maximum atomic E-state index is 12.8. The van der Waals surface area contributed by atoms with E-state index in [1.54, 1.807) is 19.1 Å². The third-order valence-electron chi connectivity index (χ3n) is 4.57. The first-order valence-corrected chi connectivity index (χ1v) is 10.3. The fourth-order valence-electron chi connectivity index (χ4n) is 2.99. The number of hydrogen-bond acceptors (Lipinski definition) is 9. The molecule has 4 rings (SSSR count). The average Bonchev–Trinajstić information content (AvgIpc) is 3.39. The lowest BCUT2D eigenvalue weighted by molar-refractivity contribution is -0.141. The summed E-state index contributed by atoms with van der Waals surface area (Å²) in [4.78, 5) is 24.1. The Morgan fingerprint density at radius 3 is 2.69 bits per heavy atom. The number of nitrogens with zero attached hydrogens (tertiary/aromatic N) is 4. The molecule has 1 atom stereocenters. The van der Waals surface area contributed by atoms with Gasteiger partial charge >= 0.3 is 6.18 Å². The third-order valence-corrected chi connectivity index (χ3v) is 5.42. The van der Waals surface area contributed by atoms with Crippen molar-refractivity contribution >= 4 is 33.9 Å². The number of pyridine rings is 1. The number of carbonyl (C=O) groups excluding carboxylic acids is 1. The van der Waals surface area contributed by atoms with Crippen molar-refractivity contribution in [1.82, 2.24) is 24.6 Å². The Balaban J connectivity index is 1.43. The van der Waals surface area contributed by atoms with Crippen molar-refractivity contribution in [3.05, 3.63) is 47.7 Å². The molecule has 0 radical (unpaired) electrons. The van der Waals surface area contributed by atoms with Crippen molar-refractivity contribution in [2.45, 2.75) is 25.6 Å². The summed E-state index contributed by atoms with van der Waals surface area (Å²) in [6, 6.07) is 3.34. The van der Waals surface area contributed by atoms with E-state index in [1.165, 1.54) is 6.20 Å². The van der Waals surface area contributed by atoms with Crippen LogP contribution in [0.1, 0.15) is 28.2 Å². The topological polar surface area (TPSA) is 114 Å². The van der Waals surface area contributed by atoms with Crippen molar-refractivity contribution in [3.63, 3.8) is 0 Å². The zero-order valence-electron chi connectivity index (χ0n) is 16.7. The Labute approximate surface area is 184 Å². The van der Waals surface area contributed by atoms with E-state index in [9.17, 15) is 18.0 Å². The maximum Gasteiger partial charge on any atom is 0.434 e. The fourth-order valence-corrected chi connectivity index (χ4v) is 3.80. The van der Waals surface area contributed by atoms with E-state index in [-0.39, 0.29) is 17.5 Å². The van der Waals surface area contributed by atoms with Gasteiger partial charge in [-0.2, -0.15) is 17.5 Å². The number of nitrogens with one attached hydrogen (secondary N) is 3. The van der Waals surface area contributed by atoms with Crippen LogP contribution in [0.15, 0.2) is 30.7 Å². The van der Waals surface area contributed by atoms with Crippen LogP contribution in [0, 0.1) is 6.92 Å². The molecule has 0 aliphatic carbocycles. The summed E-state index contributed by atoms with van der Waals surface area (Å²) in [6.07, 6.45) is -0.553. The van der Waals surface area contributed by atoms with Crippen LogP contribution >= 0.6 is 11.5 Å². The second-order valence-corrected chi connectivity index (χ2v) is 7.73. The summed E-state index contributed by atoms with van der Waals surface area (Å²) in [6.45, 7) is 3.32. The quantitative estimate of drug-likeness (QED) is 0.508.